The van der Waals surface area contributed by atoms with Crippen LogP contribution in [-0.4, -0.2) is 41.5 Å². The fourth-order valence-corrected chi connectivity index (χ4v) is 4.69. The van der Waals surface area contributed by atoms with E-state index in [0.29, 0.717) is 37.6 Å². The Morgan fingerprint density at radius 1 is 1.11 bits per heavy atom. The molecular weight excluding hydrogens is 481 g/mol. The monoisotopic (exact) mass is 511 g/mol. The number of ether oxygens (including phenoxy) is 1. The number of hydrogen-bond acceptors (Lipinski definition) is 6. The number of likely N-dealkylation sites (tertiary alicyclic amines) is 1. The number of pyridine rings is 1. The number of hydrogen-bond donors (Lipinski definition) is 1. The van der Waals surface area contributed by atoms with E-state index >= 15 is 0 Å². The number of aromatic nitrogens is 1. The molecule has 0 spiro atoms. The zero-order valence-corrected chi connectivity index (χ0v) is 21.4. The van der Waals surface area contributed by atoms with Crippen LogP contribution in [0, 0.1) is 28.5 Å². The van der Waals surface area contributed by atoms with Crippen molar-refractivity contribution in [3.05, 3.63) is 94.4 Å². The minimum atomic E-state index is -0.713. The molecule has 7 nitrogen and oxygen atoms in total. The summed E-state index contributed by atoms with van der Waals surface area (Å²) in [6.07, 6.45) is 5.74. The summed E-state index contributed by atoms with van der Waals surface area (Å²) in [5.41, 5.74) is 2.65. The van der Waals surface area contributed by atoms with Gasteiger partial charge in [-0.05, 0) is 54.3 Å². The van der Waals surface area contributed by atoms with Crippen molar-refractivity contribution in [2.75, 3.05) is 19.7 Å². The summed E-state index contributed by atoms with van der Waals surface area (Å²) in [4.78, 5) is 19.5. The molecule has 1 fully saturated rings. The number of amides is 1. The molecule has 0 saturated carbocycles. The maximum absolute atomic E-state index is 14.4. The molecule has 8 heteroatoms. The van der Waals surface area contributed by atoms with Crippen LogP contribution in [0.3, 0.4) is 0 Å². The molecule has 0 bridgehead atoms. The molecular formula is C30H30FN5O2. The van der Waals surface area contributed by atoms with Gasteiger partial charge in [-0.1, -0.05) is 38.0 Å². The van der Waals surface area contributed by atoms with Gasteiger partial charge in [-0.3, -0.25) is 9.69 Å². The smallest absolute Gasteiger partial charge is 0.254 e. The Hall–Kier alpha value is -4.27. The van der Waals surface area contributed by atoms with Crippen molar-refractivity contribution in [3.63, 3.8) is 0 Å². The lowest BCUT2D eigenvalue weighted by atomic mass is 9.97. The van der Waals surface area contributed by atoms with Gasteiger partial charge in [0, 0.05) is 31.4 Å². The molecule has 4 rings (SSSR count). The molecule has 1 N–H and O–H groups in total. The first-order valence-electron chi connectivity index (χ1n) is 12.9. The van der Waals surface area contributed by atoms with Crippen LogP contribution < -0.4 is 10.1 Å². The molecule has 2 heterocycles. The first kappa shape index (κ1) is 26.8. The Bertz CT molecular complexity index is 1330. The summed E-state index contributed by atoms with van der Waals surface area (Å²) in [6.45, 7) is 4.05. The Morgan fingerprint density at radius 2 is 1.84 bits per heavy atom. The Kier molecular flexibility index (Phi) is 9.02. The highest BCUT2D eigenvalue weighted by atomic mass is 19.1. The van der Waals surface area contributed by atoms with Crippen LogP contribution >= 0.6 is 0 Å². The van der Waals surface area contributed by atoms with Crippen LogP contribution in [0.4, 0.5) is 4.39 Å². The van der Waals surface area contributed by atoms with Gasteiger partial charge in [0.1, 0.15) is 5.82 Å². The lowest BCUT2D eigenvalue weighted by Crippen LogP contribution is -2.38. The van der Waals surface area contributed by atoms with Crippen LogP contribution in [0.5, 0.6) is 5.88 Å². The predicted molar refractivity (Wildman–Crippen MR) is 141 cm³/mol. The van der Waals surface area contributed by atoms with E-state index in [9.17, 15) is 14.4 Å². The van der Waals surface area contributed by atoms with E-state index in [-0.39, 0.29) is 23.2 Å². The highest BCUT2D eigenvalue weighted by molar-refractivity contribution is 5.94. The number of nitrogens with zero attached hydrogens (tertiary/aromatic N) is 4. The van der Waals surface area contributed by atoms with Crippen LogP contribution in [0.25, 0.3) is 0 Å². The van der Waals surface area contributed by atoms with Gasteiger partial charge < -0.3 is 10.1 Å². The lowest BCUT2D eigenvalue weighted by Gasteiger charge is -2.29. The molecule has 38 heavy (non-hydrogen) atoms. The topological polar surface area (TPSA) is 102 Å². The van der Waals surface area contributed by atoms with E-state index in [1.807, 2.05) is 36.5 Å². The van der Waals surface area contributed by atoms with Gasteiger partial charge >= 0.3 is 0 Å². The van der Waals surface area contributed by atoms with E-state index in [2.05, 4.69) is 28.2 Å². The van der Waals surface area contributed by atoms with Gasteiger partial charge in [0.25, 0.3) is 5.91 Å². The highest BCUT2D eigenvalue weighted by Gasteiger charge is 2.32. The van der Waals surface area contributed by atoms with E-state index < -0.39 is 11.7 Å². The van der Waals surface area contributed by atoms with Crippen LogP contribution in [0.15, 0.2) is 60.8 Å². The number of nitriles is 2. The van der Waals surface area contributed by atoms with Crippen molar-refractivity contribution in [1.29, 1.82) is 10.5 Å². The first-order valence-corrected chi connectivity index (χ1v) is 12.9. The summed E-state index contributed by atoms with van der Waals surface area (Å²) in [5, 5.41) is 21.1. The predicted octanol–water partition coefficient (Wildman–Crippen LogP) is 5.13. The summed E-state index contributed by atoms with van der Waals surface area (Å²) >= 11 is 0. The molecule has 1 unspecified atom stereocenters. The summed E-state index contributed by atoms with van der Waals surface area (Å²) < 4.78 is 20.1. The number of rotatable bonds is 10. The van der Waals surface area contributed by atoms with Crippen LogP contribution in [0.1, 0.15) is 71.3 Å². The average Bonchev–Trinajstić information content (AvgIpc) is 3.39. The summed E-state index contributed by atoms with van der Waals surface area (Å²) in [7, 11) is 0. The fraction of sp³-hybridized carbons (Fsp3) is 0.333. The maximum atomic E-state index is 14.4. The molecule has 1 saturated heterocycles. The second-order valence-corrected chi connectivity index (χ2v) is 9.38. The summed E-state index contributed by atoms with van der Waals surface area (Å²) in [6, 6.07) is 18.9. The molecule has 1 amide bonds. The zero-order valence-electron chi connectivity index (χ0n) is 21.4. The molecule has 194 valence electrons. The number of nitrogens with one attached hydrogen (secondary N) is 1. The van der Waals surface area contributed by atoms with Gasteiger partial charge in [0.15, 0.2) is 0 Å². The average molecular weight is 512 g/mol. The van der Waals surface area contributed by atoms with Gasteiger partial charge in [-0.2, -0.15) is 10.5 Å². The van der Waals surface area contributed by atoms with Crippen molar-refractivity contribution in [2.24, 2.45) is 0 Å². The van der Waals surface area contributed by atoms with E-state index in [0.717, 1.165) is 36.5 Å². The Labute approximate surface area is 222 Å². The van der Waals surface area contributed by atoms with Crippen LogP contribution in [0.2, 0.25) is 0 Å². The quantitative estimate of drug-likeness (QED) is 0.379. The largest absolute Gasteiger partial charge is 0.478 e. The SMILES string of the molecule is CCCCCOc1ccc(C(c2ccc(C#N)cc2)N2CC[C@@H](NC(=O)c3ccc(C#N)cc3F)C2)cn1. The third-order valence-electron chi connectivity index (χ3n) is 6.69. The van der Waals surface area contributed by atoms with E-state index in [4.69, 9.17) is 10.00 Å². The van der Waals surface area contributed by atoms with Crippen molar-refractivity contribution < 1.29 is 13.9 Å². The molecule has 2 atom stereocenters. The molecule has 1 aromatic heterocycles. The number of unbranched alkanes of at least 4 members (excludes halogenated alkanes) is 2. The number of benzene rings is 2. The van der Waals surface area contributed by atoms with Crippen LogP contribution in [-0.2, 0) is 0 Å². The molecule has 0 aliphatic carbocycles. The third-order valence-corrected chi connectivity index (χ3v) is 6.69. The van der Waals surface area contributed by atoms with Crippen molar-refractivity contribution in [1.82, 2.24) is 15.2 Å². The van der Waals surface area contributed by atoms with E-state index in [1.54, 1.807) is 12.1 Å². The van der Waals surface area contributed by atoms with Crippen molar-refractivity contribution in [3.8, 4) is 18.0 Å². The normalized spacial score (nSPS) is 15.8. The zero-order chi connectivity index (χ0) is 26.9. The molecule has 2 aromatic carbocycles. The van der Waals surface area contributed by atoms with Gasteiger partial charge in [0.2, 0.25) is 5.88 Å². The summed E-state index contributed by atoms with van der Waals surface area (Å²) in [5.74, 6) is -0.630. The molecule has 3 aromatic rings. The lowest BCUT2D eigenvalue weighted by molar-refractivity contribution is 0.0933. The second kappa shape index (κ2) is 12.8. The van der Waals surface area contributed by atoms with Crippen molar-refractivity contribution >= 4 is 5.91 Å². The number of carbonyl (C=O) groups is 1. The fourth-order valence-electron chi connectivity index (χ4n) is 4.69. The third kappa shape index (κ3) is 6.53. The minimum Gasteiger partial charge on any atom is -0.478 e. The van der Waals surface area contributed by atoms with Gasteiger partial charge in [-0.25, -0.2) is 9.37 Å². The second-order valence-electron chi connectivity index (χ2n) is 9.38. The van der Waals surface area contributed by atoms with Crippen molar-refractivity contribution in [2.45, 2.75) is 44.7 Å². The number of halogens is 1. The maximum Gasteiger partial charge on any atom is 0.254 e. The van der Waals surface area contributed by atoms with Gasteiger partial charge in [-0.15, -0.1) is 0 Å². The Morgan fingerprint density at radius 3 is 2.50 bits per heavy atom. The Balaban J connectivity index is 1.49. The van der Waals surface area contributed by atoms with Gasteiger partial charge in [0.05, 0.1) is 41.5 Å². The molecule has 0 radical (unpaired) electrons. The molecule has 1 aliphatic heterocycles. The minimum absolute atomic E-state index is 0.0789. The standard InChI is InChI=1S/C30H30FN5O2/c1-2-3-4-15-38-28-12-10-24(19-34-28)29(23-8-5-21(17-32)6-9-23)36-14-13-25(20-36)35-30(37)26-11-7-22(18-33)16-27(26)31/h5-12,16,19,25,29H,2-4,13-15,20H2,1H3,(H,35,37)/t25-,29?/m1/s1. The molecule has 1 aliphatic rings. The van der Waals surface area contributed by atoms with E-state index in [1.165, 1.54) is 12.1 Å². The number of carbonyl (C=O) groups excluding carboxylic acids is 1. The first-order chi connectivity index (χ1) is 18.5. The highest BCUT2D eigenvalue weighted by Crippen LogP contribution is 2.32.